The molecule has 2 aliphatic rings. The number of nitrogens with one attached hydrogen (secondary N) is 3. The van der Waals surface area contributed by atoms with Crippen LogP contribution in [0.1, 0.15) is 15.9 Å². The minimum Gasteiger partial charge on any atom is -0.390 e. The van der Waals surface area contributed by atoms with Crippen molar-refractivity contribution in [2.24, 2.45) is 26.1 Å². The number of aliphatic hydroxyl groups is 1. The highest BCUT2D eigenvalue weighted by Crippen LogP contribution is 2.35. The first-order valence-corrected chi connectivity index (χ1v) is 14.2. The first-order valence-electron chi connectivity index (χ1n) is 11.1. The van der Waals surface area contributed by atoms with Crippen LogP contribution >= 0.6 is 0 Å². The van der Waals surface area contributed by atoms with E-state index in [1.165, 1.54) is 12.1 Å². The number of sulfonamides is 2. The van der Waals surface area contributed by atoms with Gasteiger partial charge in [0.25, 0.3) is 5.91 Å². The molecule has 0 saturated carbocycles. The molecular weight excluding hydrogens is 524 g/mol. The highest BCUT2D eigenvalue weighted by atomic mass is 32.2. The third-order valence-electron chi connectivity index (χ3n) is 5.74. The van der Waals surface area contributed by atoms with Crippen LogP contribution in [0.2, 0.25) is 0 Å². The second kappa shape index (κ2) is 10.7. The molecule has 2 aliphatic heterocycles. The van der Waals surface area contributed by atoms with Crippen LogP contribution in [-0.4, -0.2) is 78.7 Å². The van der Waals surface area contributed by atoms with Crippen molar-refractivity contribution in [3.05, 3.63) is 47.5 Å². The number of primary sulfonamides is 1. The molecule has 0 unspecified atom stereocenters. The van der Waals surface area contributed by atoms with Crippen LogP contribution in [0.15, 0.2) is 61.4 Å². The number of β-amino-alcohol motifs (C(OH)–C–C–N with tert-alkyl or cyclic N) is 1. The van der Waals surface area contributed by atoms with Crippen molar-refractivity contribution in [2.75, 3.05) is 32.8 Å². The van der Waals surface area contributed by atoms with Gasteiger partial charge in [0, 0.05) is 31.7 Å². The highest BCUT2D eigenvalue weighted by Gasteiger charge is 2.33. The van der Waals surface area contributed by atoms with E-state index in [2.05, 4.69) is 30.6 Å². The fourth-order valence-electron chi connectivity index (χ4n) is 4.04. The molecule has 0 aliphatic carbocycles. The molecule has 0 aromatic heterocycles. The van der Waals surface area contributed by atoms with Gasteiger partial charge in [0.15, 0.2) is 12.5 Å². The number of nitrogens with zero attached hydrogens (tertiary/aromatic N) is 3. The number of benzene rings is 2. The molecule has 1 saturated heterocycles. The van der Waals surface area contributed by atoms with Gasteiger partial charge in [0.05, 0.1) is 17.7 Å². The molecule has 2 aromatic carbocycles. The molecule has 8 N–H and O–H groups in total. The highest BCUT2D eigenvalue weighted by molar-refractivity contribution is 7.92. The smallest absolute Gasteiger partial charge is 0.251 e. The summed E-state index contributed by atoms with van der Waals surface area (Å²) in [5.41, 5.74) is 6.07. The third kappa shape index (κ3) is 5.74. The van der Waals surface area contributed by atoms with Crippen LogP contribution < -0.4 is 26.2 Å². The fourth-order valence-corrected chi connectivity index (χ4v) is 6.69. The lowest BCUT2D eigenvalue weighted by atomic mass is 9.97. The third-order valence-corrected chi connectivity index (χ3v) is 8.36. The van der Waals surface area contributed by atoms with Gasteiger partial charge in [-0.1, -0.05) is 18.2 Å². The topological polar surface area (TPSA) is 231 Å². The Hall–Kier alpha value is -3.12. The molecule has 37 heavy (non-hydrogen) atoms. The van der Waals surface area contributed by atoms with E-state index in [0.717, 1.165) is 6.07 Å². The van der Waals surface area contributed by atoms with Gasteiger partial charge in [-0.2, -0.15) is 5.11 Å². The molecule has 2 aromatic rings. The summed E-state index contributed by atoms with van der Waals surface area (Å²) in [5.74, 6) is -0.573. The monoisotopic (exact) mass is 550 g/mol. The Morgan fingerprint density at radius 3 is 2.57 bits per heavy atom. The lowest BCUT2D eigenvalue weighted by Crippen LogP contribution is -2.42. The van der Waals surface area contributed by atoms with Gasteiger partial charge in [-0.15, -0.1) is 5.11 Å². The zero-order valence-corrected chi connectivity index (χ0v) is 21.1. The second-order valence-electron chi connectivity index (χ2n) is 8.30. The first-order chi connectivity index (χ1) is 17.5. The lowest BCUT2D eigenvalue weighted by molar-refractivity contribution is 0.0888. The molecular formula is C21H26N8O6S2. The number of aliphatic imine (C=N–C) groups is 1. The van der Waals surface area contributed by atoms with Gasteiger partial charge in [0.1, 0.15) is 9.79 Å². The molecule has 0 radical (unpaired) electrons. The predicted octanol–water partition coefficient (Wildman–Crippen LogP) is -1.53. The van der Waals surface area contributed by atoms with Crippen molar-refractivity contribution >= 4 is 31.8 Å². The van der Waals surface area contributed by atoms with Gasteiger partial charge in [-0.25, -0.2) is 31.7 Å². The van der Waals surface area contributed by atoms with E-state index in [0.29, 0.717) is 18.7 Å². The van der Waals surface area contributed by atoms with Crippen LogP contribution in [0.25, 0.3) is 11.1 Å². The maximum absolute atomic E-state index is 12.9. The van der Waals surface area contributed by atoms with E-state index in [1.807, 2.05) is 0 Å². The summed E-state index contributed by atoms with van der Waals surface area (Å²) < 4.78 is 53.7. The van der Waals surface area contributed by atoms with E-state index in [9.17, 15) is 26.7 Å². The summed E-state index contributed by atoms with van der Waals surface area (Å²) in [5, 5.41) is 28.9. The molecule has 1 amide bonds. The minimum atomic E-state index is -4.64. The Balaban J connectivity index is 1.87. The zero-order valence-electron chi connectivity index (χ0n) is 19.5. The van der Waals surface area contributed by atoms with Crippen LogP contribution in [-0.2, 0) is 20.0 Å². The summed E-state index contributed by atoms with van der Waals surface area (Å²) in [6.45, 7) is 0.538. The maximum Gasteiger partial charge on any atom is 0.251 e. The molecule has 2 atom stereocenters. The van der Waals surface area contributed by atoms with Crippen molar-refractivity contribution < 1.29 is 26.7 Å². The number of hydrogen-bond donors (Lipinski definition) is 6. The predicted molar refractivity (Wildman–Crippen MR) is 134 cm³/mol. The summed E-state index contributed by atoms with van der Waals surface area (Å²) in [4.78, 5) is 15.7. The quantitative estimate of drug-likeness (QED) is 0.214. The van der Waals surface area contributed by atoms with Crippen LogP contribution in [0.5, 0.6) is 0 Å². The first kappa shape index (κ1) is 26.9. The number of amides is 1. The number of nitrogens with two attached hydrogens (primary N) is 2. The van der Waals surface area contributed by atoms with Crippen molar-refractivity contribution in [3.8, 4) is 11.1 Å². The van der Waals surface area contributed by atoms with Crippen LogP contribution in [0.4, 0.5) is 0 Å². The largest absolute Gasteiger partial charge is 0.390 e. The molecule has 4 rings (SSSR count). The number of aliphatic hydroxyl groups excluding tert-OH is 1. The van der Waals surface area contributed by atoms with Crippen LogP contribution in [0, 0.1) is 0 Å². The summed E-state index contributed by atoms with van der Waals surface area (Å²) in [7, 11) is -8.97. The maximum atomic E-state index is 12.9. The Morgan fingerprint density at radius 1 is 1.16 bits per heavy atom. The number of carbonyl (C=O) groups excluding carboxylic acids is 1. The van der Waals surface area contributed by atoms with E-state index >= 15 is 0 Å². The normalized spacial score (nSPS) is 19.7. The lowest BCUT2D eigenvalue weighted by Gasteiger charge is -2.18. The summed E-state index contributed by atoms with van der Waals surface area (Å²) in [6, 6.07) is 8.27. The summed E-state index contributed by atoms with van der Waals surface area (Å²) >= 11 is 0. The molecule has 0 spiro atoms. The number of rotatable bonds is 9. The number of azo groups is 1. The average molecular weight is 551 g/mol. The van der Waals surface area contributed by atoms with Crippen molar-refractivity contribution in [2.45, 2.75) is 21.9 Å². The Kier molecular flexibility index (Phi) is 7.79. The van der Waals surface area contributed by atoms with Gasteiger partial charge in [-0.3, -0.25) is 4.79 Å². The summed E-state index contributed by atoms with van der Waals surface area (Å²) in [6.07, 6.45) is -0.732. The Bertz CT molecular complexity index is 1490. The fraction of sp³-hybridized carbons (Fsp3) is 0.333. The SMILES string of the molecule is NCCNS(=O)(=O)c1ccc(-c2cccc(C(=O)N[C@@H]3CNC[C@H]3O)c2)c(C2=NCN=N2)c1S(N)(=O)=O. The van der Waals surface area contributed by atoms with Crippen LogP contribution in [0.3, 0.4) is 0 Å². The van der Waals surface area contributed by atoms with Gasteiger partial charge < -0.3 is 21.5 Å². The van der Waals surface area contributed by atoms with E-state index in [1.54, 1.807) is 18.2 Å². The van der Waals surface area contributed by atoms with Crippen molar-refractivity contribution in [1.82, 2.24) is 15.4 Å². The van der Waals surface area contributed by atoms with Crippen molar-refractivity contribution in [1.29, 1.82) is 0 Å². The van der Waals surface area contributed by atoms with E-state index in [-0.39, 0.29) is 42.3 Å². The Labute approximate surface area is 213 Å². The second-order valence-corrected chi connectivity index (χ2v) is 11.5. The molecule has 16 heteroatoms. The van der Waals surface area contributed by atoms with Gasteiger partial charge >= 0.3 is 0 Å². The molecule has 198 valence electrons. The average Bonchev–Trinajstić information content (AvgIpc) is 3.53. The number of amidine groups is 1. The number of carbonyl (C=O) groups is 1. The molecule has 0 bridgehead atoms. The molecule has 14 nitrogen and oxygen atoms in total. The zero-order chi connectivity index (χ0) is 26.8. The minimum absolute atomic E-state index is 0.0153. The standard InChI is InChI=1S/C21H26N8O6S2/c22-6-7-27-37(34,35)17-5-4-14(18(19(17)36(23,32)33)20-25-11-26-29-20)12-2-1-3-13(8-12)21(31)28-15-9-24-10-16(15)30/h1-5,8,15-16,24,27,30H,6-7,9-11,22H2,(H,28,31)(H2,23,32,33)/t15-,16-/m1/s1. The van der Waals surface area contributed by atoms with Crippen molar-refractivity contribution in [3.63, 3.8) is 0 Å². The molecule has 2 heterocycles. The van der Waals surface area contributed by atoms with E-state index in [4.69, 9.17) is 10.9 Å². The molecule has 1 fully saturated rings. The van der Waals surface area contributed by atoms with Gasteiger partial charge in [-0.05, 0) is 29.3 Å². The van der Waals surface area contributed by atoms with Gasteiger partial charge in [0.2, 0.25) is 20.0 Å². The van der Waals surface area contributed by atoms with E-state index < -0.39 is 47.9 Å². The number of hydrogen-bond acceptors (Lipinski definition) is 11. The Morgan fingerprint density at radius 2 is 1.95 bits per heavy atom.